The van der Waals surface area contributed by atoms with Crippen molar-refractivity contribution in [3.63, 3.8) is 0 Å². The maximum atomic E-state index is 12.9. The molecule has 0 aromatic carbocycles. The maximum Gasteiger partial charge on any atom is 0.230 e. The Morgan fingerprint density at radius 1 is 1.25 bits per heavy atom. The fraction of sp³-hybridized carbons (Fsp3) is 0.588. The Morgan fingerprint density at radius 3 is 2.58 bits per heavy atom. The van der Waals surface area contributed by atoms with Gasteiger partial charge in [-0.25, -0.2) is 4.98 Å². The third-order valence-electron chi connectivity index (χ3n) is 5.05. The van der Waals surface area contributed by atoms with Crippen LogP contribution < -0.4 is 5.32 Å². The smallest absolute Gasteiger partial charge is 0.230 e. The van der Waals surface area contributed by atoms with Crippen molar-refractivity contribution in [3.05, 3.63) is 36.2 Å². The number of hydrogen-bond acceptors (Lipinski definition) is 4. The molecule has 1 N–H and O–H groups in total. The van der Waals surface area contributed by atoms with Crippen LogP contribution in [0.4, 0.5) is 0 Å². The van der Waals surface area contributed by atoms with Crippen molar-refractivity contribution < 1.29 is 4.79 Å². The molecule has 1 amide bonds. The number of hydrogen-bond donors (Lipinski definition) is 1. The van der Waals surface area contributed by atoms with Gasteiger partial charge in [0.2, 0.25) is 5.91 Å². The van der Waals surface area contributed by atoms with E-state index in [2.05, 4.69) is 27.3 Å². The SMILES string of the molecule is CN1C[C@@H](NC(=O)C(C)(C)c2cnn(C)c2)[C@H](c2cncn2C)C1. The lowest BCUT2D eigenvalue weighted by molar-refractivity contribution is -0.126. The van der Waals surface area contributed by atoms with Crippen LogP contribution in [0, 0.1) is 0 Å². The van der Waals surface area contributed by atoms with E-state index < -0.39 is 5.41 Å². The first-order valence-electron chi connectivity index (χ1n) is 8.24. The minimum Gasteiger partial charge on any atom is -0.351 e. The molecule has 1 saturated heterocycles. The average Bonchev–Trinajstić information content (AvgIpc) is 3.20. The van der Waals surface area contributed by atoms with E-state index in [1.165, 1.54) is 0 Å². The summed E-state index contributed by atoms with van der Waals surface area (Å²) in [6, 6.07) is 0.0776. The number of aryl methyl sites for hydroxylation is 2. The van der Waals surface area contributed by atoms with Crippen LogP contribution in [-0.4, -0.2) is 56.3 Å². The highest BCUT2D eigenvalue weighted by atomic mass is 16.2. The first kappa shape index (κ1) is 16.7. The van der Waals surface area contributed by atoms with Crippen LogP contribution in [0.2, 0.25) is 0 Å². The maximum absolute atomic E-state index is 12.9. The normalized spacial score (nSPS) is 22.0. The molecule has 130 valence electrons. The molecule has 0 unspecified atom stereocenters. The second kappa shape index (κ2) is 6.05. The molecule has 0 bridgehead atoms. The molecule has 3 heterocycles. The number of nitrogens with one attached hydrogen (secondary N) is 1. The number of likely N-dealkylation sites (N-methyl/N-ethyl adjacent to an activating group) is 1. The fourth-order valence-corrected chi connectivity index (χ4v) is 3.40. The minimum atomic E-state index is -0.619. The van der Waals surface area contributed by atoms with E-state index in [0.29, 0.717) is 0 Å². The predicted octanol–water partition coefficient (Wildman–Crippen LogP) is 0.645. The van der Waals surface area contributed by atoms with Crippen molar-refractivity contribution >= 4 is 5.91 Å². The van der Waals surface area contributed by atoms with Crippen molar-refractivity contribution in [1.29, 1.82) is 0 Å². The minimum absolute atomic E-state index is 0.0305. The average molecular weight is 330 g/mol. The zero-order valence-corrected chi connectivity index (χ0v) is 15.0. The summed E-state index contributed by atoms with van der Waals surface area (Å²) in [6.45, 7) is 5.64. The first-order valence-corrected chi connectivity index (χ1v) is 8.24. The van der Waals surface area contributed by atoms with Gasteiger partial charge in [-0.2, -0.15) is 5.10 Å². The number of imidazole rings is 1. The lowest BCUT2D eigenvalue weighted by atomic mass is 9.85. The summed E-state index contributed by atoms with van der Waals surface area (Å²) in [5, 5.41) is 7.46. The lowest BCUT2D eigenvalue weighted by Gasteiger charge is -2.27. The fourth-order valence-electron chi connectivity index (χ4n) is 3.40. The zero-order valence-electron chi connectivity index (χ0n) is 15.0. The summed E-state index contributed by atoms with van der Waals surface area (Å²) in [7, 11) is 5.95. The highest BCUT2D eigenvalue weighted by Crippen LogP contribution is 2.28. The number of carbonyl (C=O) groups is 1. The van der Waals surface area contributed by atoms with Gasteiger partial charge in [0.15, 0.2) is 0 Å². The topological polar surface area (TPSA) is 68.0 Å². The molecule has 3 rings (SSSR count). The van der Waals surface area contributed by atoms with E-state index in [0.717, 1.165) is 24.3 Å². The predicted molar refractivity (Wildman–Crippen MR) is 91.6 cm³/mol. The van der Waals surface area contributed by atoms with Gasteiger partial charge in [0, 0.05) is 56.8 Å². The van der Waals surface area contributed by atoms with E-state index in [-0.39, 0.29) is 17.9 Å². The molecule has 2 aromatic rings. The Bertz CT molecular complexity index is 731. The molecule has 1 aliphatic rings. The Balaban J connectivity index is 1.78. The van der Waals surface area contributed by atoms with Crippen LogP contribution in [0.3, 0.4) is 0 Å². The molecule has 0 aliphatic carbocycles. The van der Waals surface area contributed by atoms with Gasteiger partial charge < -0.3 is 14.8 Å². The van der Waals surface area contributed by atoms with Crippen LogP contribution in [0.1, 0.15) is 31.0 Å². The lowest BCUT2D eigenvalue weighted by Crippen LogP contribution is -2.47. The summed E-state index contributed by atoms with van der Waals surface area (Å²) in [4.78, 5) is 19.4. The molecule has 2 atom stereocenters. The van der Waals surface area contributed by atoms with Crippen molar-refractivity contribution in [2.24, 2.45) is 14.1 Å². The Morgan fingerprint density at radius 2 is 2.00 bits per heavy atom. The van der Waals surface area contributed by atoms with Gasteiger partial charge in [0.25, 0.3) is 0 Å². The molecule has 1 aliphatic heterocycles. The van der Waals surface area contributed by atoms with Gasteiger partial charge in [0.1, 0.15) is 0 Å². The quantitative estimate of drug-likeness (QED) is 0.894. The van der Waals surface area contributed by atoms with Crippen LogP contribution >= 0.6 is 0 Å². The second-order valence-electron chi connectivity index (χ2n) is 7.36. The number of rotatable bonds is 4. The van der Waals surface area contributed by atoms with E-state index >= 15 is 0 Å². The van der Waals surface area contributed by atoms with Gasteiger partial charge in [-0.05, 0) is 20.9 Å². The van der Waals surface area contributed by atoms with Crippen molar-refractivity contribution in [2.75, 3.05) is 20.1 Å². The standard InChI is InChI=1S/C17H26N6O/c1-17(2,12-6-19-23(5)8-12)16(24)20-14-10-21(3)9-13(14)15-7-18-11-22(15)4/h6-8,11,13-14H,9-10H2,1-5H3,(H,20,24)/t13-,14-/m1/s1. The Kier molecular flexibility index (Phi) is 4.21. The van der Waals surface area contributed by atoms with Gasteiger partial charge in [-0.1, -0.05) is 0 Å². The summed E-state index contributed by atoms with van der Waals surface area (Å²) in [5.41, 5.74) is 1.46. The van der Waals surface area contributed by atoms with Crippen LogP contribution in [0.5, 0.6) is 0 Å². The van der Waals surface area contributed by atoms with E-state index in [4.69, 9.17) is 0 Å². The van der Waals surface area contributed by atoms with Crippen molar-refractivity contribution in [3.8, 4) is 0 Å². The molecule has 7 heteroatoms. The summed E-state index contributed by atoms with van der Waals surface area (Å²) < 4.78 is 3.77. The molecular weight excluding hydrogens is 304 g/mol. The van der Waals surface area contributed by atoms with E-state index in [1.807, 2.05) is 51.2 Å². The molecule has 0 spiro atoms. The molecule has 0 saturated carbocycles. The summed E-state index contributed by atoms with van der Waals surface area (Å²) in [5.74, 6) is 0.277. The van der Waals surface area contributed by atoms with Gasteiger partial charge in [-0.15, -0.1) is 0 Å². The molecule has 2 aromatic heterocycles. The van der Waals surface area contributed by atoms with Gasteiger partial charge >= 0.3 is 0 Å². The largest absolute Gasteiger partial charge is 0.351 e. The second-order valence-corrected chi connectivity index (χ2v) is 7.36. The number of likely N-dealkylation sites (tertiary alicyclic amines) is 1. The first-order chi connectivity index (χ1) is 11.3. The molecule has 24 heavy (non-hydrogen) atoms. The number of nitrogens with zero attached hydrogens (tertiary/aromatic N) is 5. The van der Waals surface area contributed by atoms with Crippen molar-refractivity contribution in [2.45, 2.75) is 31.2 Å². The monoisotopic (exact) mass is 330 g/mol. The van der Waals surface area contributed by atoms with Gasteiger partial charge in [-0.3, -0.25) is 9.48 Å². The van der Waals surface area contributed by atoms with Crippen LogP contribution in [0.15, 0.2) is 24.9 Å². The Labute approximate surface area is 142 Å². The molecule has 1 fully saturated rings. The van der Waals surface area contributed by atoms with Crippen LogP contribution in [-0.2, 0) is 24.3 Å². The van der Waals surface area contributed by atoms with Crippen LogP contribution in [0.25, 0.3) is 0 Å². The summed E-state index contributed by atoms with van der Waals surface area (Å²) in [6.07, 6.45) is 7.37. The molecular formula is C17H26N6O. The van der Waals surface area contributed by atoms with E-state index in [1.54, 1.807) is 10.9 Å². The highest BCUT2D eigenvalue weighted by Gasteiger charge is 2.38. The van der Waals surface area contributed by atoms with Crippen molar-refractivity contribution in [1.82, 2.24) is 29.5 Å². The number of aromatic nitrogens is 4. The molecule has 7 nitrogen and oxygen atoms in total. The number of carbonyl (C=O) groups excluding carboxylic acids is 1. The van der Waals surface area contributed by atoms with Gasteiger partial charge in [0.05, 0.1) is 24.0 Å². The van der Waals surface area contributed by atoms with E-state index in [9.17, 15) is 4.79 Å². The highest BCUT2D eigenvalue weighted by molar-refractivity contribution is 5.87. The summed E-state index contributed by atoms with van der Waals surface area (Å²) >= 11 is 0. The Hall–Kier alpha value is -2.15. The number of amides is 1. The third kappa shape index (κ3) is 2.96. The zero-order chi connectivity index (χ0) is 17.5. The third-order valence-corrected chi connectivity index (χ3v) is 5.05. The molecule has 0 radical (unpaired) electrons.